The third-order valence-electron chi connectivity index (χ3n) is 4.93. The van der Waals surface area contributed by atoms with Crippen molar-refractivity contribution in [1.82, 2.24) is 10.3 Å². The molecule has 1 heterocycles. The molecule has 36 heavy (non-hydrogen) atoms. The van der Waals surface area contributed by atoms with Crippen LogP contribution in [0.2, 0.25) is 0 Å². The third-order valence-corrected chi connectivity index (χ3v) is 4.93. The smallest absolute Gasteiger partial charge is 0.433 e. The van der Waals surface area contributed by atoms with Crippen LogP contribution < -0.4 is 15.8 Å². The molecule has 2 amide bonds. The highest BCUT2D eigenvalue weighted by molar-refractivity contribution is 6.02. The lowest BCUT2D eigenvalue weighted by Gasteiger charge is -2.19. The van der Waals surface area contributed by atoms with Gasteiger partial charge in [0.05, 0.1) is 11.3 Å². The summed E-state index contributed by atoms with van der Waals surface area (Å²) in [5.41, 5.74) is 6.65. The van der Waals surface area contributed by atoms with Gasteiger partial charge in [-0.2, -0.15) is 4.99 Å². The number of aliphatic imine (C=N–C) groups is 1. The number of nitrogens with one attached hydrogen (secondary N) is 1. The molecule has 1 unspecified atom stereocenters. The minimum Gasteiger partial charge on any atom is -0.487 e. The number of carbonyl (C=O) groups is 2. The number of amidine groups is 1. The van der Waals surface area contributed by atoms with Gasteiger partial charge in [0, 0.05) is 37.0 Å². The SMILES string of the molecule is CCOC(C(=O)NCc1ccc(/C(N)=N/C(=O)O)cc1)c1c(F)cc(OCc2ccccn2)cc1F. The Morgan fingerprint density at radius 3 is 2.42 bits per heavy atom. The number of aromatic nitrogens is 1. The molecule has 0 aliphatic rings. The van der Waals surface area contributed by atoms with E-state index < -0.39 is 35.3 Å². The Hall–Kier alpha value is -4.38. The number of hydrogen-bond donors (Lipinski definition) is 3. The molecule has 9 nitrogen and oxygen atoms in total. The Kier molecular flexibility index (Phi) is 9.01. The van der Waals surface area contributed by atoms with E-state index in [4.69, 9.17) is 20.3 Å². The molecular weight excluding hydrogens is 474 g/mol. The van der Waals surface area contributed by atoms with E-state index in [2.05, 4.69) is 15.3 Å². The molecule has 0 fully saturated rings. The van der Waals surface area contributed by atoms with Crippen LogP contribution in [0.3, 0.4) is 0 Å². The van der Waals surface area contributed by atoms with E-state index in [0.717, 1.165) is 12.1 Å². The Labute approximate surface area is 205 Å². The number of carbonyl (C=O) groups excluding carboxylic acids is 1. The summed E-state index contributed by atoms with van der Waals surface area (Å²) < 4.78 is 40.6. The number of benzene rings is 2. The van der Waals surface area contributed by atoms with E-state index >= 15 is 0 Å². The zero-order valence-corrected chi connectivity index (χ0v) is 19.3. The van der Waals surface area contributed by atoms with Crippen LogP contribution in [0.15, 0.2) is 65.8 Å². The topological polar surface area (TPSA) is 136 Å². The summed E-state index contributed by atoms with van der Waals surface area (Å²) in [7, 11) is 0. The monoisotopic (exact) mass is 498 g/mol. The van der Waals surface area contributed by atoms with Crippen molar-refractivity contribution in [3.8, 4) is 5.75 Å². The van der Waals surface area contributed by atoms with Crippen LogP contribution in [0.5, 0.6) is 5.75 Å². The highest BCUT2D eigenvalue weighted by Gasteiger charge is 2.28. The summed E-state index contributed by atoms with van der Waals surface area (Å²) in [6.45, 7) is 1.67. The number of halogens is 2. The number of nitrogens with two attached hydrogens (primary N) is 1. The Bertz CT molecular complexity index is 1210. The standard InChI is InChI=1S/C25H24F2N4O5/c1-2-35-22(24(32)30-13-15-6-8-16(9-7-15)23(28)31-25(33)34)21-19(26)11-18(12-20(21)27)36-14-17-5-3-4-10-29-17/h3-12,22H,2,13-14H2,1H3,(H2,28,31)(H,30,32)(H,33,34). The van der Waals surface area contributed by atoms with E-state index in [1.807, 2.05) is 0 Å². The molecule has 0 bridgehead atoms. The molecule has 3 aromatic rings. The second kappa shape index (κ2) is 12.4. The van der Waals surface area contributed by atoms with Crippen molar-refractivity contribution in [3.63, 3.8) is 0 Å². The molecule has 2 aromatic carbocycles. The van der Waals surface area contributed by atoms with Gasteiger partial charge in [0.15, 0.2) is 6.10 Å². The highest BCUT2D eigenvalue weighted by atomic mass is 19.1. The first kappa shape index (κ1) is 26.2. The van der Waals surface area contributed by atoms with Gasteiger partial charge in [0.1, 0.15) is 29.8 Å². The number of ether oxygens (including phenoxy) is 2. The van der Waals surface area contributed by atoms with Crippen molar-refractivity contribution in [2.45, 2.75) is 26.2 Å². The van der Waals surface area contributed by atoms with Crippen LogP contribution in [0.4, 0.5) is 13.6 Å². The minimum atomic E-state index is -1.53. The summed E-state index contributed by atoms with van der Waals surface area (Å²) in [6.07, 6.45) is -1.37. The van der Waals surface area contributed by atoms with Gasteiger partial charge in [0.2, 0.25) is 0 Å². The molecule has 11 heteroatoms. The van der Waals surface area contributed by atoms with E-state index in [9.17, 15) is 18.4 Å². The van der Waals surface area contributed by atoms with E-state index in [1.165, 1.54) is 12.1 Å². The van der Waals surface area contributed by atoms with Crippen molar-refractivity contribution in [2.75, 3.05) is 6.61 Å². The van der Waals surface area contributed by atoms with Crippen LogP contribution in [0.25, 0.3) is 0 Å². The van der Waals surface area contributed by atoms with Gasteiger partial charge in [-0.25, -0.2) is 13.6 Å². The van der Waals surface area contributed by atoms with Gasteiger partial charge < -0.3 is 25.6 Å². The first-order chi connectivity index (χ1) is 17.3. The lowest BCUT2D eigenvalue weighted by Crippen LogP contribution is -2.31. The zero-order valence-electron chi connectivity index (χ0n) is 19.3. The van der Waals surface area contributed by atoms with Crippen molar-refractivity contribution in [1.29, 1.82) is 0 Å². The molecule has 188 valence electrons. The van der Waals surface area contributed by atoms with Crippen LogP contribution in [0, 0.1) is 11.6 Å². The molecule has 0 radical (unpaired) electrons. The number of amides is 2. The van der Waals surface area contributed by atoms with Crippen molar-refractivity contribution < 1.29 is 33.0 Å². The first-order valence-electron chi connectivity index (χ1n) is 10.9. The average molecular weight is 498 g/mol. The molecule has 0 aliphatic carbocycles. The maximum atomic E-state index is 14.9. The summed E-state index contributed by atoms with van der Waals surface area (Å²) in [4.78, 5) is 30.7. The fourth-order valence-corrected chi connectivity index (χ4v) is 3.24. The summed E-state index contributed by atoms with van der Waals surface area (Å²) in [5, 5.41) is 11.3. The fourth-order valence-electron chi connectivity index (χ4n) is 3.24. The summed E-state index contributed by atoms with van der Waals surface area (Å²) >= 11 is 0. The second-order valence-corrected chi connectivity index (χ2v) is 7.44. The number of nitrogens with zero attached hydrogens (tertiary/aromatic N) is 2. The first-order valence-corrected chi connectivity index (χ1v) is 10.9. The lowest BCUT2D eigenvalue weighted by atomic mass is 10.1. The van der Waals surface area contributed by atoms with Gasteiger partial charge in [-0.05, 0) is 24.6 Å². The molecule has 0 saturated carbocycles. The van der Waals surface area contributed by atoms with Gasteiger partial charge in [-0.15, -0.1) is 0 Å². The normalized spacial score (nSPS) is 12.1. The third kappa shape index (κ3) is 7.06. The molecule has 1 atom stereocenters. The van der Waals surface area contributed by atoms with Crippen molar-refractivity contribution >= 4 is 17.8 Å². The molecule has 0 aliphatic heterocycles. The van der Waals surface area contributed by atoms with Crippen LogP contribution in [-0.4, -0.2) is 34.5 Å². The minimum absolute atomic E-state index is 0.0149. The van der Waals surface area contributed by atoms with Gasteiger partial charge in [0.25, 0.3) is 5.91 Å². The quantitative estimate of drug-likeness (QED) is 0.286. The fraction of sp³-hybridized carbons (Fsp3) is 0.200. The Morgan fingerprint density at radius 2 is 1.83 bits per heavy atom. The second-order valence-electron chi connectivity index (χ2n) is 7.44. The highest BCUT2D eigenvalue weighted by Crippen LogP contribution is 2.29. The van der Waals surface area contributed by atoms with E-state index in [-0.39, 0.29) is 31.3 Å². The molecule has 1 aromatic heterocycles. The number of pyridine rings is 1. The Morgan fingerprint density at radius 1 is 1.14 bits per heavy atom. The van der Waals surface area contributed by atoms with Gasteiger partial charge >= 0.3 is 6.09 Å². The number of rotatable bonds is 10. The van der Waals surface area contributed by atoms with E-state index in [0.29, 0.717) is 16.8 Å². The molecule has 4 N–H and O–H groups in total. The average Bonchev–Trinajstić information content (AvgIpc) is 2.85. The number of hydrogen-bond acceptors (Lipinski definition) is 5. The van der Waals surface area contributed by atoms with Crippen LogP contribution in [-0.2, 0) is 22.7 Å². The van der Waals surface area contributed by atoms with Gasteiger partial charge in [-0.3, -0.25) is 9.78 Å². The maximum Gasteiger partial charge on any atom is 0.433 e. The molecule has 3 rings (SSSR count). The summed E-state index contributed by atoms with van der Waals surface area (Å²) in [5.74, 6) is -2.95. The molecular formula is C25H24F2N4O5. The number of carboxylic acid groups (broad SMARTS) is 1. The lowest BCUT2D eigenvalue weighted by molar-refractivity contribution is -0.133. The Balaban J connectivity index is 1.69. The van der Waals surface area contributed by atoms with Crippen LogP contribution >= 0.6 is 0 Å². The van der Waals surface area contributed by atoms with Gasteiger partial charge in [-0.1, -0.05) is 30.3 Å². The largest absolute Gasteiger partial charge is 0.487 e. The molecule has 0 spiro atoms. The predicted octanol–water partition coefficient (Wildman–Crippen LogP) is 3.72. The zero-order chi connectivity index (χ0) is 26.1. The van der Waals surface area contributed by atoms with Crippen molar-refractivity contribution in [3.05, 3.63) is 94.8 Å². The van der Waals surface area contributed by atoms with Crippen LogP contribution in [0.1, 0.15) is 35.4 Å². The predicted molar refractivity (Wildman–Crippen MR) is 126 cm³/mol. The maximum absolute atomic E-state index is 14.9. The van der Waals surface area contributed by atoms with Crippen molar-refractivity contribution in [2.24, 2.45) is 10.7 Å². The summed E-state index contributed by atoms with van der Waals surface area (Å²) in [6, 6.07) is 13.5. The van der Waals surface area contributed by atoms with E-state index in [1.54, 1.807) is 43.5 Å². The molecule has 0 saturated heterocycles.